The normalized spacial score (nSPS) is 9.86. The summed E-state index contributed by atoms with van der Waals surface area (Å²) in [5, 5.41) is 10.6. The molecule has 2 aromatic carbocycles. The predicted molar refractivity (Wildman–Crippen MR) is 116 cm³/mol. The molecule has 6 nitrogen and oxygen atoms in total. The number of nitro benzene ring substituents is 1. The highest BCUT2D eigenvalue weighted by atomic mass is 16.6. The molecule has 0 fully saturated rings. The minimum absolute atomic E-state index is 0. The Balaban J connectivity index is 0.000000202. The third-order valence-electron chi connectivity index (χ3n) is 4.36. The van der Waals surface area contributed by atoms with Crippen LogP contribution in [-0.4, -0.2) is 4.92 Å². The lowest BCUT2D eigenvalue weighted by molar-refractivity contribution is -0.384. The zero-order valence-electron chi connectivity index (χ0n) is 15.6. The summed E-state index contributed by atoms with van der Waals surface area (Å²) in [6.45, 7) is 3.97. The van der Waals surface area contributed by atoms with Crippen molar-refractivity contribution in [2.45, 2.75) is 21.3 Å². The number of nitrogen functional groups attached to an aromatic ring is 1. The van der Waals surface area contributed by atoms with Gasteiger partial charge in [0.15, 0.2) is 0 Å². The first kappa shape index (κ1) is 21.5. The number of hydrogen-bond donors (Lipinski definition) is 1. The van der Waals surface area contributed by atoms with Gasteiger partial charge >= 0.3 is 0 Å². The van der Waals surface area contributed by atoms with Crippen molar-refractivity contribution in [3.8, 4) is 22.3 Å². The fraction of sp³-hybridized carbons (Fsp3) is 0.130. The molecule has 4 aromatic rings. The summed E-state index contributed by atoms with van der Waals surface area (Å²) in [6, 6.07) is 14.4. The van der Waals surface area contributed by atoms with Crippen molar-refractivity contribution in [3.05, 3.63) is 94.8 Å². The predicted octanol–water partition coefficient (Wildman–Crippen LogP) is 6.64. The fourth-order valence-corrected chi connectivity index (χ4v) is 2.82. The number of rotatable bonds is 3. The first-order valence-electron chi connectivity index (χ1n) is 8.62. The fourth-order valence-electron chi connectivity index (χ4n) is 2.82. The highest BCUT2D eigenvalue weighted by Crippen LogP contribution is 2.28. The lowest BCUT2D eigenvalue weighted by Crippen LogP contribution is -1.89. The van der Waals surface area contributed by atoms with Gasteiger partial charge in [-0.2, -0.15) is 0 Å². The number of nitro groups is 1. The van der Waals surface area contributed by atoms with E-state index >= 15 is 0 Å². The van der Waals surface area contributed by atoms with Crippen LogP contribution in [0.1, 0.15) is 18.6 Å². The molecular formula is C23H24N2O4. The van der Waals surface area contributed by atoms with E-state index in [1.165, 1.54) is 11.6 Å². The molecule has 6 heteroatoms. The largest absolute Gasteiger partial charge is 0.472 e. The molecule has 0 radical (unpaired) electrons. The molecule has 0 saturated carbocycles. The minimum Gasteiger partial charge on any atom is -0.472 e. The Hall–Kier alpha value is -3.80. The van der Waals surface area contributed by atoms with E-state index in [2.05, 4.69) is 6.92 Å². The smallest absolute Gasteiger partial charge is 0.270 e. The van der Waals surface area contributed by atoms with Crippen molar-refractivity contribution >= 4 is 11.4 Å². The molecule has 0 aliphatic heterocycles. The van der Waals surface area contributed by atoms with Gasteiger partial charge in [0.1, 0.15) is 0 Å². The van der Waals surface area contributed by atoms with E-state index in [4.69, 9.17) is 14.6 Å². The first-order chi connectivity index (χ1) is 13.5. The van der Waals surface area contributed by atoms with Crippen LogP contribution in [-0.2, 0) is 0 Å². The highest BCUT2D eigenvalue weighted by Gasteiger charge is 2.10. The number of non-ortho nitro benzene ring substituents is 1. The molecule has 0 bridgehead atoms. The summed E-state index contributed by atoms with van der Waals surface area (Å²) in [4.78, 5) is 10.2. The van der Waals surface area contributed by atoms with Crippen molar-refractivity contribution in [2.75, 3.05) is 5.73 Å². The Labute approximate surface area is 169 Å². The van der Waals surface area contributed by atoms with Gasteiger partial charge in [0.2, 0.25) is 0 Å². The van der Waals surface area contributed by atoms with Crippen LogP contribution in [0.15, 0.2) is 82.4 Å². The van der Waals surface area contributed by atoms with Gasteiger partial charge in [-0.05, 0) is 60.4 Å². The summed E-state index contributed by atoms with van der Waals surface area (Å²) in [6.07, 6.45) is 6.51. The number of benzene rings is 2. The van der Waals surface area contributed by atoms with Crippen LogP contribution in [0.3, 0.4) is 0 Å². The Morgan fingerprint density at radius 1 is 0.828 bits per heavy atom. The van der Waals surface area contributed by atoms with Crippen LogP contribution in [0.25, 0.3) is 22.3 Å². The maximum absolute atomic E-state index is 10.6. The van der Waals surface area contributed by atoms with Crippen LogP contribution < -0.4 is 5.73 Å². The Bertz CT molecular complexity index is 1070. The summed E-state index contributed by atoms with van der Waals surface area (Å²) < 4.78 is 9.98. The van der Waals surface area contributed by atoms with Crippen LogP contribution in [0.4, 0.5) is 11.4 Å². The summed E-state index contributed by atoms with van der Waals surface area (Å²) in [7, 11) is 0. The summed E-state index contributed by atoms with van der Waals surface area (Å²) >= 11 is 0. The number of aryl methyl sites for hydroxylation is 2. The van der Waals surface area contributed by atoms with Crippen molar-refractivity contribution in [1.82, 2.24) is 0 Å². The van der Waals surface area contributed by atoms with Crippen molar-refractivity contribution in [3.63, 3.8) is 0 Å². The van der Waals surface area contributed by atoms with E-state index in [0.717, 1.165) is 33.5 Å². The van der Waals surface area contributed by atoms with E-state index in [9.17, 15) is 10.1 Å². The molecule has 0 aliphatic carbocycles. The van der Waals surface area contributed by atoms with Crippen molar-refractivity contribution in [1.29, 1.82) is 0 Å². The molecule has 2 N–H and O–H groups in total. The third-order valence-corrected chi connectivity index (χ3v) is 4.36. The molecule has 0 atom stereocenters. The molecule has 0 spiro atoms. The summed E-state index contributed by atoms with van der Waals surface area (Å²) in [5.74, 6) is 0. The van der Waals surface area contributed by atoms with E-state index in [1.807, 2.05) is 31.2 Å². The quantitative estimate of drug-likeness (QED) is 0.240. The zero-order chi connectivity index (χ0) is 20.1. The standard InChI is InChI=1S/C11H9NO3.C11H11NO.CH4/c1-8-2-3-10(12(13)14)6-11(8)9-4-5-15-7-9;1-8-2-3-10(12)6-11(8)9-4-5-13-7-9;/h2-7H,1H3;2-7H,12H2,1H3;1H4. The Kier molecular flexibility index (Phi) is 6.98. The molecule has 0 aliphatic rings. The maximum Gasteiger partial charge on any atom is 0.270 e. The number of anilines is 1. The van der Waals surface area contributed by atoms with Gasteiger partial charge in [0.25, 0.3) is 5.69 Å². The van der Waals surface area contributed by atoms with E-state index < -0.39 is 4.92 Å². The van der Waals surface area contributed by atoms with E-state index in [1.54, 1.807) is 43.3 Å². The molecule has 4 rings (SSSR count). The molecule has 29 heavy (non-hydrogen) atoms. The Morgan fingerprint density at radius 2 is 1.34 bits per heavy atom. The molecule has 0 unspecified atom stereocenters. The van der Waals surface area contributed by atoms with Gasteiger partial charge < -0.3 is 14.6 Å². The number of furan rings is 2. The van der Waals surface area contributed by atoms with Crippen LogP contribution in [0, 0.1) is 24.0 Å². The minimum atomic E-state index is -0.400. The van der Waals surface area contributed by atoms with Gasteiger partial charge in [0.05, 0.1) is 30.0 Å². The van der Waals surface area contributed by atoms with Gasteiger partial charge in [-0.1, -0.05) is 19.6 Å². The lowest BCUT2D eigenvalue weighted by Gasteiger charge is -2.03. The second-order valence-corrected chi connectivity index (χ2v) is 6.35. The first-order valence-corrected chi connectivity index (χ1v) is 8.62. The monoisotopic (exact) mass is 392 g/mol. The lowest BCUT2D eigenvalue weighted by atomic mass is 10.0. The van der Waals surface area contributed by atoms with Crippen LogP contribution in [0.2, 0.25) is 0 Å². The van der Waals surface area contributed by atoms with E-state index in [-0.39, 0.29) is 13.1 Å². The topological polar surface area (TPSA) is 95.4 Å². The zero-order valence-corrected chi connectivity index (χ0v) is 15.6. The molecule has 2 aromatic heterocycles. The number of nitrogens with two attached hydrogens (primary N) is 1. The number of nitrogens with zero attached hydrogens (tertiary/aromatic N) is 1. The van der Waals surface area contributed by atoms with Gasteiger partial charge in [0, 0.05) is 28.9 Å². The number of hydrogen-bond acceptors (Lipinski definition) is 5. The van der Waals surface area contributed by atoms with Gasteiger partial charge in [-0.15, -0.1) is 0 Å². The van der Waals surface area contributed by atoms with Gasteiger partial charge in [-0.3, -0.25) is 10.1 Å². The molecule has 2 heterocycles. The van der Waals surface area contributed by atoms with Crippen molar-refractivity contribution < 1.29 is 13.8 Å². The average Bonchev–Trinajstić information content (AvgIpc) is 3.38. The molecule has 0 amide bonds. The highest BCUT2D eigenvalue weighted by molar-refractivity contribution is 5.70. The Morgan fingerprint density at radius 3 is 1.83 bits per heavy atom. The van der Waals surface area contributed by atoms with Crippen LogP contribution in [0.5, 0.6) is 0 Å². The van der Waals surface area contributed by atoms with E-state index in [0.29, 0.717) is 0 Å². The van der Waals surface area contributed by atoms with Crippen LogP contribution >= 0.6 is 0 Å². The SMILES string of the molecule is C.Cc1ccc(N)cc1-c1ccoc1.Cc1ccc([N+](=O)[O-])cc1-c1ccoc1. The summed E-state index contributed by atoms with van der Waals surface area (Å²) in [5.41, 5.74) is 12.7. The second kappa shape index (κ2) is 9.41. The third kappa shape index (κ3) is 5.13. The van der Waals surface area contributed by atoms with Crippen molar-refractivity contribution in [2.24, 2.45) is 0 Å². The maximum atomic E-state index is 10.6. The molecule has 150 valence electrons. The van der Waals surface area contributed by atoms with Gasteiger partial charge in [-0.25, -0.2) is 0 Å². The molecule has 0 saturated heterocycles. The second-order valence-electron chi connectivity index (χ2n) is 6.35. The average molecular weight is 392 g/mol. The molecular weight excluding hydrogens is 368 g/mol.